The van der Waals surface area contributed by atoms with Crippen molar-refractivity contribution >= 4 is 29.0 Å². The molecule has 0 saturated heterocycles. The van der Waals surface area contributed by atoms with Crippen molar-refractivity contribution in [2.24, 2.45) is 0 Å². The highest BCUT2D eigenvalue weighted by Gasteiger charge is 2.25. The first-order valence-electron chi connectivity index (χ1n) is 11.0. The Kier molecular flexibility index (Phi) is 6.45. The zero-order valence-corrected chi connectivity index (χ0v) is 18.1. The molecule has 3 aromatic carbocycles. The summed E-state index contributed by atoms with van der Waals surface area (Å²) >= 11 is 0. The van der Waals surface area contributed by atoms with Crippen LogP contribution in [0.2, 0.25) is 0 Å². The van der Waals surface area contributed by atoms with E-state index < -0.39 is 0 Å². The number of carbonyl (C=O) groups is 3. The minimum atomic E-state index is -0.226. The van der Waals surface area contributed by atoms with E-state index in [0.717, 1.165) is 18.5 Å². The van der Waals surface area contributed by atoms with Gasteiger partial charge in [-0.2, -0.15) is 0 Å². The van der Waals surface area contributed by atoms with Crippen LogP contribution in [0.15, 0.2) is 72.8 Å². The Balaban J connectivity index is 1.31. The predicted octanol–water partition coefficient (Wildman–Crippen LogP) is 5.05. The number of hydrogen-bond donors (Lipinski definition) is 1. The molecular weight excluding hydrogens is 400 g/mol. The normalized spacial score (nSPS) is 12.3. The monoisotopic (exact) mass is 426 g/mol. The summed E-state index contributed by atoms with van der Waals surface area (Å²) in [5.74, 6) is -0.321. The number of nitrogens with one attached hydrogen (secondary N) is 1. The first-order valence-corrected chi connectivity index (χ1v) is 11.0. The van der Waals surface area contributed by atoms with Crippen molar-refractivity contribution < 1.29 is 14.4 Å². The fourth-order valence-electron chi connectivity index (χ4n) is 3.92. The number of nitrogens with zero attached hydrogens (tertiary/aromatic N) is 1. The first-order chi connectivity index (χ1) is 15.5. The number of ketones is 1. The van der Waals surface area contributed by atoms with Gasteiger partial charge in [0.15, 0.2) is 5.78 Å². The van der Waals surface area contributed by atoms with E-state index in [1.54, 1.807) is 29.2 Å². The van der Waals surface area contributed by atoms with E-state index in [1.807, 2.05) is 48.5 Å². The lowest BCUT2D eigenvalue weighted by Gasteiger charge is -2.17. The molecule has 0 bridgehead atoms. The van der Waals surface area contributed by atoms with Gasteiger partial charge in [0.05, 0.1) is 0 Å². The van der Waals surface area contributed by atoms with Crippen molar-refractivity contribution in [2.75, 3.05) is 16.8 Å². The molecular formula is C27H26N2O3. The van der Waals surface area contributed by atoms with Crippen molar-refractivity contribution in [3.8, 4) is 0 Å². The molecule has 0 spiro atoms. The first kappa shape index (κ1) is 21.5. The summed E-state index contributed by atoms with van der Waals surface area (Å²) in [4.78, 5) is 39.3. The van der Waals surface area contributed by atoms with Crippen LogP contribution in [0.5, 0.6) is 0 Å². The molecule has 0 radical (unpaired) electrons. The van der Waals surface area contributed by atoms with Crippen LogP contribution in [0, 0.1) is 0 Å². The Morgan fingerprint density at radius 3 is 2.25 bits per heavy atom. The maximum atomic E-state index is 12.9. The van der Waals surface area contributed by atoms with E-state index in [9.17, 15) is 14.4 Å². The predicted molar refractivity (Wildman–Crippen MR) is 126 cm³/mol. The Labute approximate surface area is 188 Å². The van der Waals surface area contributed by atoms with E-state index in [2.05, 4.69) is 12.2 Å². The summed E-state index contributed by atoms with van der Waals surface area (Å²) in [6, 6.07) is 22.3. The molecule has 1 heterocycles. The second-order valence-electron chi connectivity index (χ2n) is 7.93. The average Bonchev–Trinajstić information content (AvgIpc) is 3.27. The third-order valence-electron chi connectivity index (χ3n) is 5.81. The molecule has 32 heavy (non-hydrogen) atoms. The van der Waals surface area contributed by atoms with Crippen molar-refractivity contribution in [1.29, 1.82) is 0 Å². The van der Waals surface area contributed by atoms with Gasteiger partial charge in [-0.1, -0.05) is 49.4 Å². The topological polar surface area (TPSA) is 66.5 Å². The standard InChI is InChI=1S/C27H26N2O3/c1-2-19-7-9-21(10-8-19)25(30)15-16-26(31)28-23-13-11-22(12-14-23)27(32)29-18-17-20-5-3-4-6-24(20)29/h3-14H,2,15-18H2,1H3,(H,28,31). The minimum absolute atomic E-state index is 0.0466. The van der Waals surface area contributed by atoms with E-state index in [0.29, 0.717) is 23.4 Å². The zero-order valence-electron chi connectivity index (χ0n) is 18.1. The molecule has 0 fully saturated rings. The number of amides is 2. The lowest BCUT2D eigenvalue weighted by molar-refractivity contribution is -0.116. The van der Waals surface area contributed by atoms with Gasteiger partial charge in [0.25, 0.3) is 5.91 Å². The minimum Gasteiger partial charge on any atom is -0.326 e. The van der Waals surface area contributed by atoms with E-state index in [4.69, 9.17) is 0 Å². The lowest BCUT2D eigenvalue weighted by Crippen LogP contribution is -2.28. The number of para-hydroxylation sites is 1. The zero-order chi connectivity index (χ0) is 22.5. The Hall–Kier alpha value is -3.73. The summed E-state index contributed by atoms with van der Waals surface area (Å²) in [5.41, 5.74) is 5.12. The van der Waals surface area contributed by atoms with Crippen LogP contribution in [0.1, 0.15) is 51.6 Å². The third kappa shape index (κ3) is 4.78. The largest absolute Gasteiger partial charge is 0.326 e. The number of benzene rings is 3. The highest BCUT2D eigenvalue weighted by atomic mass is 16.2. The molecule has 0 atom stereocenters. The fraction of sp³-hybridized carbons (Fsp3) is 0.222. The van der Waals surface area contributed by atoms with E-state index in [1.165, 1.54) is 11.1 Å². The van der Waals surface area contributed by atoms with E-state index >= 15 is 0 Å². The quantitative estimate of drug-likeness (QED) is 0.538. The number of Topliss-reactive ketones (excluding diaryl/α,β-unsaturated/α-hetero) is 1. The highest BCUT2D eigenvalue weighted by Crippen LogP contribution is 2.29. The second kappa shape index (κ2) is 9.60. The van der Waals surface area contributed by atoms with Crippen molar-refractivity contribution in [3.05, 3.63) is 95.1 Å². The van der Waals surface area contributed by atoms with Crippen LogP contribution in [-0.4, -0.2) is 24.1 Å². The molecule has 5 nitrogen and oxygen atoms in total. The Morgan fingerprint density at radius 2 is 1.53 bits per heavy atom. The molecule has 0 unspecified atom stereocenters. The molecule has 1 N–H and O–H groups in total. The van der Waals surface area contributed by atoms with Gasteiger partial charge >= 0.3 is 0 Å². The maximum Gasteiger partial charge on any atom is 0.258 e. The number of aryl methyl sites for hydroxylation is 1. The summed E-state index contributed by atoms with van der Waals surface area (Å²) in [6.45, 7) is 2.74. The molecule has 5 heteroatoms. The van der Waals surface area contributed by atoms with Crippen molar-refractivity contribution in [2.45, 2.75) is 32.6 Å². The van der Waals surface area contributed by atoms with Crippen LogP contribution in [-0.2, 0) is 17.6 Å². The molecule has 1 aliphatic rings. The Bertz CT molecular complexity index is 1130. The maximum absolute atomic E-state index is 12.9. The van der Waals surface area contributed by atoms with Crippen LogP contribution in [0.3, 0.4) is 0 Å². The van der Waals surface area contributed by atoms with Crippen LogP contribution >= 0.6 is 0 Å². The Morgan fingerprint density at radius 1 is 0.844 bits per heavy atom. The molecule has 0 aliphatic carbocycles. The lowest BCUT2D eigenvalue weighted by atomic mass is 10.0. The van der Waals surface area contributed by atoms with Crippen LogP contribution in [0.25, 0.3) is 0 Å². The third-order valence-corrected chi connectivity index (χ3v) is 5.81. The number of carbonyl (C=O) groups excluding carboxylic acids is 3. The molecule has 162 valence electrons. The average molecular weight is 427 g/mol. The number of hydrogen-bond acceptors (Lipinski definition) is 3. The van der Waals surface area contributed by atoms with Gasteiger partial charge in [-0.3, -0.25) is 14.4 Å². The number of anilines is 2. The van der Waals surface area contributed by atoms with Crippen LogP contribution < -0.4 is 10.2 Å². The fourth-order valence-corrected chi connectivity index (χ4v) is 3.92. The van der Waals surface area contributed by atoms with Gasteiger partial charge in [-0.15, -0.1) is 0 Å². The summed E-state index contributed by atoms with van der Waals surface area (Å²) in [5, 5.41) is 2.80. The summed E-state index contributed by atoms with van der Waals surface area (Å²) in [7, 11) is 0. The molecule has 3 aromatic rings. The van der Waals surface area contributed by atoms with Gasteiger partial charge in [-0.25, -0.2) is 0 Å². The molecule has 2 amide bonds. The molecule has 0 aromatic heterocycles. The highest BCUT2D eigenvalue weighted by molar-refractivity contribution is 6.07. The van der Waals surface area contributed by atoms with Gasteiger partial charge in [-0.05, 0) is 54.3 Å². The van der Waals surface area contributed by atoms with E-state index in [-0.39, 0.29) is 30.4 Å². The summed E-state index contributed by atoms with van der Waals surface area (Å²) < 4.78 is 0. The van der Waals surface area contributed by atoms with Gasteiger partial charge in [0, 0.05) is 41.9 Å². The van der Waals surface area contributed by atoms with Crippen molar-refractivity contribution in [3.63, 3.8) is 0 Å². The molecule has 1 aliphatic heterocycles. The SMILES string of the molecule is CCc1ccc(C(=O)CCC(=O)Nc2ccc(C(=O)N3CCc4ccccc43)cc2)cc1. The van der Waals surface area contributed by atoms with Gasteiger partial charge < -0.3 is 10.2 Å². The molecule has 0 saturated carbocycles. The smallest absolute Gasteiger partial charge is 0.258 e. The molecule has 4 rings (SSSR count). The number of rotatable bonds is 7. The van der Waals surface area contributed by atoms with Gasteiger partial charge in [0.1, 0.15) is 0 Å². The van der Waals surface area contributed by atoms with Crippen molar-refractivity contribution in [1.82, 2.24) is 0 Å². The second-order valence-corrected chi connectivity index (χ2v) is 7.93. The number of fused-ring (bicyclic) bond motifs is 1. The van der Waals surface area contributed by atoms with Gasteiger partial charge in [0.2, 0.25) is 5.91 Å². The summed E-state index contributed by atoms with van der Waals surface area (Å²) in [6.07, 6.45) is 2.05. The van der Waals surface area contributed by atoms with Crippen LogP contribution in [0.4, 0.5) is 11.4 Å².